The van der Waals surface area contributed by atoms with Crippen molar-refractivity contribution in [2.45, 2.75) is 19.1 Å². The van der Waals surface area contributed by atoms with Gasteiger partial charge in [0.2, 0.25) is 0 Å². The summed E-state index contributed by atoms with van der Waals surface area (Å²) in [6.45, 7) is 2.67. The lowest BCUT2D eigenvalue weighted by molar-refractivity contribution is -0.139. The van der Waals surface area contributed by atoms with E-state index in [1.165, 1.54) is 16.3 Å². The molecule has 7 heteroatoms. The van der Waals surface area contributed by atoms with Gasteiger partial charge in [0, 0.05) is 24.3 Å². The van der Waals surface area contributed by atoms with Crippen molar-refractivity contribution in [3.8, 4) is 5.75 Å². The minimum Gasteiger partial charge on any atom is -0.482 e. The maximum atomic E-state index is 12.5. The fourth-order valence-corrected chi connectivity index (χ4v) is 3.93. The summed E-state index contributed by atoms with van der Waals surface area (Å²) in [5, 5.41) is 14.8. The molecule has 2 N–H and O–H groups in total. The highest BCUT2D eigenvalue weighted by molar-refractivity contribution is 5.95. The van der Waals surface area contributed by atoms with Gasteiger partial charge in [-0.25, -0.2) is 4.79 Å². The summed E-state index contributed by atoms with van der Waals surface area (Å²) in [6, 6.07) is 21.6. The van der Waals surface area contributed by atoms with Crippen LogP contribution in [0.2, 0.25) is 0 Å². The highest BCUT2D eigenvalue weighted by Crippen LogP contribution is 2.26. The number of amides is 1. The quantitative estimate of drug-likeness (QED) is 0.565. The zero-order valence-electron chi connectivity index (χ0n) is 17.9. The van der Waals surface area contributed by atoms with E-state index in [1.807, 2.05) is 12.1 Å². The molecule has 0 saturated carbocycles. The summed E-state index contributed by atoms with van der Waals surface area (Å²) in [4.78, 5) is 24.9. The van der Waals surface area contributed by atoms with Crippen LogP contribution in [0.5, 0.6) is 5.75 Å². The van der Waals surface area contributed by atoms with E-state index in [-0.39, 0.29) is 24.7 Å². The Morgan fingerprint density at radius 1 is 1.19 bits per heavy atom. The lowest BCUT2D eigenvalue weighted by atomic mass is 9.99. The summed E-state index contributed by atoms with van der Waals surface area (Å²) in [5.74, 6) is -0.786. The van der Waals surface area contributed by atoms with Crippen LogP contribution in [0, 0.1) is 0 Å². The third kappa shape index (κ3) is 5.07. The van der Waals surface area contributed by atoms with Gasteiger partial charge >= 0.3 is 5.97 Å². The summed E-state index contributed by atoms with van der Waals surface area (Å²) in [5.41, 5.74) is 1.88. The van der Waals surface area contributed by atoms with Crippen molar-refractivity contribution in [1.82, 2.24) is 5.32 Å². The fourth-order valence-electron chi connectivity index (χ4n) is 3.93. The molecule has 1 saturated heterocycles. The number of morpholine rings is 1. The van der Waals surface area contributed by atoms with Crippen molar-refractivity contribution in [3.63, 3.8) is 0 Å². The number of anilines is 1. The molecule has 1 aliphatic rings. The molecule has 1 heterocycles. The van der Waals surface area contributed by atoms with Crippen LogP contribution in [0.3, 0.4) is 0 Å². The number of carboxylic acid groups (broad SMARTS) is 1. The minimum absolute atomic E-state index is 0.00476. The lowest BCUT2D eigenvalue weighted by Crippen LogP contribution is -2.50. The average Bonchev–Trinajstić information content (AvgIpc) is 2.82. The second-order valence-corrected chi connectivity index (χ2v) is 7.82. The number of hydrogen-bond acceptors (Lipinski definition) is 5. The van der Waals surface area contributed by atoms with Crippen LogP contribution in [0.4, 0.5) is 5.69 Å². The van der Waals surface area contributed by atoms with Gasteiger partial charge < -0.3 is 24.8 Å². The Bertz CT molecular complexity index is 1110. The van der Waals surface area contributed by atoms with Gasteiger partial charge in [0.25, 0.3) is 5.91 Å². The average molecular weight is 434 g/mol. The number of fused-ring (bicyclic) bond motifs is 1. The number of ether oxygens (including phenoxy) is 2. The van der Waals surface area contributed by atoms with Crippen molar-refractivity contribution in [2.75, 3.05) is 31.2 Å². The van der Waals surface area contributed by atoms with Crippen LogP contribution in [0.15, 0.2) is 66.7 Å². The number of carboxylic acids is 1. The Hall–Kier alpha value is -3.42. The summed E-state index contributed by atoms with van der Waals surface area (Å²) in [7, 11) is 0. The monoisotopic (exact) mass is 434 g/mol. The van der Waals surface area contributed by atoms with Crippen LogP contribution in [-0.4, -0.2) is 49.4 Å². The van der Waals surface area contributed by atoms with E-state index in [2.05, 4.69) is 42.6 Å². The maximum Gasteiger partial charge on any atom is 0.341 e. The predicted octanol–water partition coefficient (Wildman–Crippen LogP) is 3.39. The van der Waals surface area contributed by atoms with E-state index in [1.54, 1.807) is 29.2 Å². The van der Waals surface area contributed by atoms with Crippen LogP contribution in [0.1, 0.15) is 18.5 Å². The predicted molar refractivity (Wildman–Crippen MR) is 122 cm³/mol. The number of nitrogens with one attached hydrogen (secondary N) is 1. The third-order valence-corrected chi connectivity index (χ3v) is 5.56. The molecule has 0 bridgehead atoms. The summed E-state index contributed by atoms with van der Waals surface area (Å²) >= 11 is 0. The molecule has 0 spiro atoms. The molecule has 4 rings (SSSR count). The van der Waals surface area contributed by atoms with Gasteiger partial charge in [-0.15, -0.1) is 0 Å². The topological polar surface area (TPSA) is 88.1 Å². The third-order valence-electron chi connectivity index (χ3n) is 5.56. The van der Waals surface area contributed by atoms with E-state index >= 15 is 0 Å². The first-order chi connectivity index (χ1) is 15.5. The fraction of sp³-hybridized carbons (Fsp3) is 0.280. The van der Waals surface area contributed by atoms with Crippen molar-refractivity contribution >= 4 is 28.3 Å². The summed E-state index contributed by atoms with van der Waals surface area (Å²) in [6.07, 6.45) is -0.172. The number of benzene rings is 3. The van der Waals surface area contributed by atoms with Gasteiger partial charge in [-0.05, 0) is 35.4 Å². The Balaban J connectivity index is 1.41. The molecule has 32 heavy (non-hydrogen) atoms. The molecule has 3 aromatic carbocycles. The van der Waals surface area contributed by atoms with E-state index in [0.29, 0.717) is 24.5 Å². The minimum atomic E-state index is -1.05. The first-order valence-electron chi connectivity index (χ1n) is 10.6. The molecule has 1 aliphatic heterocycles. The number of rotatable bonds is 8. The second-order valence-electron chi connectivity index (χ2n) is 7.82. The molecule has 3 aromatic rings. The second kappa shape index (κ2) is 9.80. The molecule has 1 amide bonds. The van der Waals surface area contributed by atoms with E-state index < -0.39 is 12.6 Å². The first-order valence-corrected chi connectivity index (χ1v) is 10.6. The molecule has 2 atom stereocenters. The van der Waals surface area contributed by atoms with Gasteiger partial charge in [0.15, 0.2) is 6.61 Å². The van der Waals surface area contributed by atoms with Gasteiger partial charge in [0.1, 0.15) is 12.4 Å². The Kier molecular flexibility index (Phi) is 6.68. The van der Waals surface area contributed by atoms with Gasteiger partial charge in [0.05, 0.1) is 12.6 Å². The smallest absolute Gasteiger partial charge is 0.341 e. The molecule has 0 aliphatic carbocycles. The van der Waals surface area contributed by atoms with Crippen LogP contribution in [0.25, 0.3) is 10.8 Å². The highest BCUT2D eigenvalue weighted by Gasteiger charge is 2.28. The molecule has 1 fully saturated rings. The number of nitrogens with zero attached hydrogens (tertiary/aromatic N) is 1. The Morgan fingerprint density at radius 2 is 1.97 bits per heavy atom. The highest BCUT2D eigenvalue weighted by atomic mass is 16.5. The number of aliphatic carboxylic acids is 1. The zero-order chi connectivity index (χ0) is 22.5. The number of carbonyl (C=O) groups is 2. The van der Waals surface area contributed by atoms with Crippen LogP contribution < -0.4 is 15.0 Å². The van der Waals surface area contributed by atoms with Crippen molar-refractivity contribution < 1.29 is 24.2 Å². The zero-order valence-corrected chi connectivity index (χ0v) is 17.9. The standard InChI is InChI=1S/C25H26N2O5/c1-17(22-11-4-7-18-6-2-3-10-23(18)22)26-13-21-14-27(24(28)15-31-21)19-8-5-9-20(12-19)32-16-25(29)30/h2-12,17,21,26H,13-16H2,1H3,(H,29,30)/t17-,21?/m1/s1. The normalized spacial score (nSPS) is 17.3. The molecule has 1 unspecified atom stereocenters. The van der Waals surface area contributed by atoms with Crippen LogP contribution in [-0.2, 0) is 14.3 Å². The Labute approximate surface area is 186 Å². The molecular formula is C25H26N2O5. The van der Waals surface area contributed by atoms with Crippen molar-refractivity contribution in [3.05, 3.63) is 72.3 Å². The molecule has 7 nitrogen and oxygen atoms in total. The first kappa shape index (κ1) is 21.8. The van der Waals surface area contributed by atoms with E-state index in [9.17, 15) is 9.59 Å². The molecular weight excluding hydrogens is 408 g/mol. The van der Waals surface area contributed by atoms with Gasteiger partial charge in [-0.2, -0.15) is 0 Å². The Morgan fingerprint density at radius 3 is 2.81 bits per heavy atom. The van der Waals surface area contributed by atoms with Crippen molar-refractivity contribution in [2.24, 2.45) is 0 Å². The molecule has 0 radical (unpaired) electrons. The summed E-state index contributed by atoms with van der Waals surface area (Å²) < 4.78 is 11.0. The van der Waals surface area contributed by atoms with E-state index in [0.717, 1.165) is 0 Å². The van der Waals surface area contributed by atoms with Crippen molar-refractivity contribution in [1.29, 1.82) is 0 Å². The molecule has 166 valence electrons. The van der Waals surface area contributed by atoms with E-state index in [4.69, 9.17) is 14.6 Å². The largest absolute Gasteiger partial charge is 0.482 e. The maximum absolute atomic E-state index is 12.5. The van der Waals surface area contributed by atoms with Crippen LogP contribution >= 0.6 is 0 Å². The van der Waals surface area contributed by atoms with Gasteiger partial charge in [-0.1, -0.05) is 48.5 Å². The molecule has 0 aromatic heterocycles. The SMILES string of the molecule is C[C@@H](NCC1CN(c2cccc(OCC(=O)O)c2)C(=O)CO1)c1cccc2ccccc12. The van der Waals surface area contributed by atoms with Gasteiger partial charge in [-0.3, -0.25) is 4.79 Å². The number of hydrogen-bond donors (Lipinski definition) is 2. The lowest BCUT2D eigenvalue weighted by Gasteiger charge is -2.33. The number of carbonyl (C=O) groups excluding carboxylic acids is 1.